The number of fused-ring (bicyclic) bond motifs is 1. The van der Waals surface area contributed by atoms with Crippen molar-refractivity contribution < 1.29 is 14.3 Å². The molecule has 1 aromatic carbocycles. The van der Waals surface area contributed by atoms with Crippen LogP contribution in [-0.4, -0.2) is 16.7 Å². The van der Waals surface area contributed by atoms with E-state index < -0.39 is 0 Å². The second-order valence-corrected chi connectivity index (χ2v) is 4.96. The molecule has 1 fully saturated rings. The number of hydrogen-bond acceptors (Lipinski definition) is 4. The molecule has 5 nitrogen and oxygen atoms in total. The van der Waals surface area contributed by atoms with Crippen LogP contribution < -0.4 is 5.56 Å². The lowest BCUT2D eigenvalue weighted by atomic mass is 9.84. The van der Waals surface area contributed by atoms with E-state index >= 15 is 0 Å². The fourth-order valence-electron chi connectivity index (χ4n) is 2.27. The van der Waals surface area contributed by atoms with Crippen LogP contribution >= 0.6 is 0 Å². The van der Waals surface area contributed by atoms with Gasteiger partial charge in [0.05, 0.1) is 11.6 Å². The molecule has 0 spiro atoms. The van der Waals surface area contributed by atoms with Gasteiger partial charge >= 0.3 is 5.97 Å². The van der Waals surface area contributed by atoms with Crippen molar-refractivity contribution in [1.82, 2.24) is 4.98 Å². The van der Waals surface area contributed by atoms with Crippen LogP contribution in [0.5, 0.6) is 0 Å². The van der Waals surface area contributed by atoms with Gasteiger partial charge in [0.15, 0.2) is 0 Å². The third-order valence-electron chi connectivity index (χ3n) is 3.46. The number of hydrogen-bond donors (Lipinski definition) is 1. The normalized spacial score (nSPS) is 15.1. The maximum atomic E-state index is 11.8. The van der Waals surface area contributed by atoms with Crippen LogP contribution in [0.3, 0.4) is 0 Å². The number of Topliss-reactive ketones (excluding diaryl/α,β-unsaturated/α-hetero) is 1. The zero-order valence-electron chi connectivity index (χ0n) is 10.7. The predicted octanol–water partition coefficient (Wildman–Crippen LogP) is 1.55. The lowest BCUT2D eigenvalue weighted by Crippen LogP contribution is -2.31. The summed E-state index contributed by atoms with van der Waals surface area (Å²) in [6.07, 6.45) is 0.542. The van der Waals surface area contributed by atoms with Crippen molar-refractivity contribution >= 4 is 22.5 Å². The maximum absolute atomic E-state index is 11.8. The Morgan fingerprint density at radius 1 is 1.25 bits per heavy atom. The van der Waals surface area contributed by atoms with Crippen LogP contribution in [0.2, 0.25) is 0 Å². The quantitative estimate of drug-likeness (QED) is 0.859. The minimum Gasteiger partial charge on any atom is -0.459 e. The van der Waals surface area contributed by atoms with Crippen molar-refractivity contribution in [3.8, 4) is 0 Å². The summed E-state index contributed by atoms with van der Waals surface area (Å²) in [6, 6.07) is 9.00. The lowest BCUT2D eigenvalue weighted by Gasteiger charge is -2.21. The highest BCUT2D eigenvalue weighted by atomic mass is 16.5. The Morgan fingerprint density at radius 3 is 2.75 bits per heavy atom. The highest BCUT2D eigenvalue weighted by molar-refractivity contribution is 5.94. The van der Waals surface area contributed by atoms with Crippen molar-refractivity contribution in [2.24, 2.45) is 5.92 Å². The summed E-state index contributed by atoms with van der Waals surface area (Å²) >= 11 is 0. The molecule has 0 unspecified atom stereocenters. The minimum atomic E-state index is -0.376. The van der Waals surface area contributed by atoms with E-state index in [0.717, 1.165) is 5.39 Å². The largest absolute Gasteiger partial charge is 0.459 e. The molecule has 0 atom stereocenters. The standard InChI is InChI=1S/C15H13NO4/c17-12-6-10(7-12)15(19)20-8-11-5-9-3-1-2-4-13(9)14(18)16-11/h1-5,10H,6-8H2,(H,16,18). The third kappa shape index (κ3) is 2.34. The van der Waals surface area contributed by atoms with Gasteiger partial charge in [0.2, 0.25) is 0 Å². The molecule has 0 radical (unpaired) electrons. The Hall–Kier alpha value is -2.43. The molecule has 0 aliphatic heterocycles. The molecule has 0 bridgehead atoms. The number of H-pyrrole nitrogens is 1. The topological polar surface area (TPSA) is 76.2 Å². The molecule has 1 aliphatic rings. The fraction of sp³-hybridized carbons (Fsp3) is 0.267. The number of nitrogens with one attached hydrogen (secondary N) is 1. The molecule has 1 heterocycles. The average Bonchev–Trinajstić information content (AvgIpc) is 2.41. The number of carbonyl (C=O) groups is 2. The Kier molecular flexibility index (Phi) is 3.10. The molecule has 20 heavy (non-hydrogen) atoms. The summed E-state index contributed by atoms with van der Waals surface area (Å²) in [6.45, 7) is 0.0175. The first-order valence-electron chi connectivity index (χ1n) is 6.43. The lowest BCUT2D eigenvalue weighted by molar-refractivity contribution is -0.156. The summed E-state index contributed by atoms with van der Waals surface area (Å²) < 4.78 is 5.12. The molecule has 1 aliphatic carbocycles. The molecule has 3 rings (SSSR count). The van der Waals surface area contributed by atoms with Gasteiger partial charge in [-0.3, -0.25) is 14.4 Å². The van der Waals surface area contributed by atoms with Crippen molar-refractivity contribution in [3.63, 3.8) is 0 Å². The predicted molar refractivity (Wildman–Crippen MR) is 72.1 cm³/mol. The van der Waals surface area contributed by atoms with Crippen molar-refractivity contribution in [2.75, 3.05) is 0 Å². The average molecular weight is 271 g/mol. The van der Waals surface area contributed by atoms with Gasteiger partial charge in [-0.1, -0.05) is 18.2 Å². The van der Waals surface area contributed by atoms with Gasteiger partial charge in [0.25, 0.3) is 5.56 Å². The van der Waals surface area contributed by atoms with Crippen molar-refractivity contribution in [1.29, 1.82) is 0 Å². The zero-order valence-corrected chi connectivity index (χ0v) is 10.7. The summed E-state index contributed by atoms with van der Waals surface area (Å²) in [5.74, 6) is -0.598. The molecule has 2 aromatic rings. The van der Waals surface area contributed by atoms with E-state index in [1.807, 2.05) is 12.1 Å². The number of rotatable bonds is 3. The van der Waals surface area contributed by atoms with E-state index in [9.17, 15) is 14.4 Å². The van der Waals surface area contributed by atoms with E-state index in [4.69, 9.17) is 4.74 Å². The van der Waals surface area contributed by atoms with E-state index in [2.05, 4.69) is 4.98 Å². The van der Waals surface area contributed by atoms with E-state index in [0.29, 0.717) is 11.1 Å². The molecule has 1 saturated carbocycles. The molecule has 0 saturated heterocycles. The number of esters is 1. The van der Waals surface area contributed by atoms with Crippen molar-refractivity contribution in [2.45, 2.75) is 19.4 Å². The van der Waals surface area contributed by atoms with Gasteiger partial charge in [0, 0.05) is 18.2 Å². The van der Waals surface area contributed by atoms with E-state index in [1.165, 1.54) is 0 Å². The van der Waals surface area contributed by atoms with Gasteiger partial charge in [-0.05, 0) is 17.5 Å². The number of pyridine rings is 1. The van der Waals surface area contributed by atoms with Gasteiger partial charge in [-0.2, -0.15) is 0 Å². The second kappa shape index (κ2) is 4.92. The summed E-state index contributed by atoms with van der Waals surface area (Å²) in [7, 11) is 0. The van der Waals surface area contributed by atoms with Gasteiger partial charge < -0.3 is 9.72 Å². The summed E-state index contributed by atoms with van der Waals surface area (Å²) in [5, 5.41) is 1.41. The first kappa shape index (κ1) is 12.6. The fourth-order valence-corrected chi connectivity index (χ4v) is 2.27. The Labute approximate surface area is 114 Å². The number of ketones is 1. The third-order valence-corrected chi connectivity index (χ3v) is 3.46. The van der Waals surface area contributed by atoms with E-state index in [-0.39, 0.29) is 42.7 Å². The molecule has 102 valence electrons. The molecular formula is C15H13NO4. The highest BCUT2D eigenvalue weighted by Gasteiger charge is 2.33. The van der Waals surface area contributed by atoms with Crippen LogP contribution in [-0.2, 0) is 20.9 Å². The summed E-state index contributed by atoms with van der Waals surface area (Å²) in [5.41, 5.74) is 0.348. The monoisotopic (exact) mass is 271 g/mol. The molecule has 0 amide bonds. The highest BCUT2D eigenvalue weighted by Crippen LogP contribution is 2.24. The van der Waals surface area contributed by atoms with Crippen molar-refractivity contribution in [3.05, 3.63) is 46.4 Å². The number of ether oxygens (including phenoxy) is 1. The zero-order chi connectivity index (χ0) is 14.1. The molecule has 1 aromatic heterocycles. The Morgan fingerprint density at radius 2 is 2.00 bits per heavy atom. The number of benzene rings is 1. The molecule has 1 N–H and O–H groups in total. The van der Waals surface area contributed by atoms with Crippen LogP contribution in [0.25, 0.3) is 10.8 Å². The number of aromatic amines is 1. The SMILES string of the molecule is O=C1CC(C(=O)OCc2cc3ccccc3c(=O)[nH]2)C1. The van der Waals surface area contributed by atoms with Gasteiger partial charge in [-0.15, -0.1) is 0 Å². The van der Waals surface area contributed by atoms with Gasteiger partial charge in [0.1, 0.15) is 12.4 Å². The molecular weight excluding hydrogens is 258 g/mol. The molecule has 5 heteroatoms. The van der Waals surface area contributed by atoms with E-state index in [1.54, 1.807) is 18.2 Å². The van der Waals surface area contributed by atoms with Crippen LogP contribution in [0, 0.1) is 5.92 Å². The number of aromatic nitrogens is 1. The smallest absolute Gasteiger partial charge is 0.310 e. The van der Waals surface area contributed by atoms with Crippen LogP contribution in [0.15, 0.2) is 35.1 Å². The maximum Gasteiger partial charge on any atom is 0.310 e. The second-order valence-electron chi connectivity index (χ2n) is 4.96. The first-order chi connectivity index (χ1) is 9.63. The summed E-state index contributed by atoms with van der Waals surface area (Å²) in [4.78, 5) is 37.0. The van der Waals surface area contributed by atoms with Gasteiger partial charge in [-0.25, -0.2) is 0 Å². The first-order valence-corrected chi connectivity index (χ1v) is 6.43. The number of carbonyl (C=O) groups excluding carboxylic acids is 2. The minimum absolute atomic E-state index is 0.0175. The van der Waals surface area contributed by atoms with Crippen LogP contribution in [0.1, 0.15) is 18.5 Å². The van der Waals surface area contributed by atoms with Crippen LogP contribution in [0.4, 0.5) is 0 Å². The Balaban J connectivity index is 1.73. The Bertz CT molecular complexity index is 739.